The number of nitrogens with one attached hydrogen (secondary N) is 2. The van der Waals surface area contributed by atoms with Gasteiger partial charge in [0.15, 0.2) is 0 Å². The van der Waals surface area contributed by atoms with Crippen molar-refractivity contribution in [1.82, 2.24) is 5.32 Å². The number of amides is 1. The number of carbonyl (C=O) groups is 1. The average molecular weight is 279 g/mol. The highest BCUT2D eigenvalue weighted by atomic mass is 19.1. The van der Waals surface area contributed by atoms with Gasteiger partial charge in [-0.05, 0) is 45.0 Å². The van der Waals surface area contributed by atoms with Crippen molar-refractivity contribution in [2.75, 3.05) is 30.4 Å². The van der Waals surface area contributed by atoms with Crippen molar-refractivity contribution in [2.24, 2.45) is 5.92 Å². The number of rotatable bonds is 4. The van der Waals surface area contributed by atoms with Gasteiger partial charge in [0, 0.05) is 25.3 Å². The standard InChI is InChI=1S/C15H22FN3O/c1-10(2)19(3)14-5-4-12(8-13(14)16)18-15(20)11-6-7-17-9-11/h4-5,8,10-11,17H,6-7,9H2,1-3H3,(H,18,20). The van der Waals surface area contributed by atoms with Gasteiger partial charge in [-0.2, -0.15) is 0 Å². The molecule has 0 bridgehead atoms. The van der Waals surface area contributed by atoms with Gasteiger partial charge in [-0.15, -0.1) is 0 Å². The van der Waals surface area contributed by atoms with Gasteiger partial charge in [-0.25, -0.2) is 4.39 Å². The van der Waals surface area contributed by atoms with Crippen molar-refractivity contribution in [3.8, 4) is 0 Å². The molecule has 5 heteroatoms. The monoisotopic (exact) mass is 279 g/mol. The summed E-state index contributed by atoms with van der Waals surface area (Å²) in [6.45, 7) is 5.57. The van der Waals surface area contributed by atoms with Crippen LogP contribution in [0.15, 0.2) is 18.2 Å². The summed E-state index contributed by atoms with van der Waals surface area (Å²) in [6.07, 6.45) is 0.836. The quantitative estimate of drug-likeness (QED) is 0.888. The molecule has 0 spiro atoms. The van der Waals surface area contributed by atoms with Crippen LogP contribution in [0.25, 0.3) is 0 Å². The van der Waals surface area contributed by atoms with E-state index in [4.69, 9.17) is 0 Å². The lowest BCUT2D eigenvalue weighted by Crippen LogP contribution is -2.27. The van der Waals surface area contributed by atoms with Gasteiger partial charge in [0.2, 0.25) is 5.91 Å². The number of nitrogens with zero attached hydrogens (tertiary/aromatic N) is 1. The minimum Gasteiger partial charge on any atom is -0.370 e. The van der Waals surface area contributed by atoms with Crippen LogP contribution in [0.4, 0.5) is 15.8 Å². The van der Waals surface area contributed by atoms with Gasteiger partial charge < -0.3 is 15.5 Å². The average Bonchev–Trinajstić information content (AvgIpc) is 2.92. The van der Waals surface area contributed by atoms with Gasteiger partial charge in [-0.3, -0.25) is 4.79 Å². The molecule has 4 nitrogen and oxygen atoms in total. The fraction of sp³-hybridized carbons (Fsp3) is 0.533. The van der Waals surface area contributed by atoms with Crippen LogP contribution in [0.5, 0.6) is 0 Å². The molecule has 1 amide bonds. The molecule has 2 rings (SSSR count). The van der Waals surface area contributed by atoms with E-state index in [1.807, 2.05) is 25.8 Å². The first kappa shape index (κ1) is 14.8. The van der Waals surface area contributed by atoms with Crippen LogP contribution in [0.3, 0.4) is 0 Å². The molecule has 1 fully saturated rings. The third kappa shape index (κ3) is 3.28. The van der Waals surface area contributed by atoms with E-state index in [9.17, 15) is 9.18 Å². The van der Waals surface area contributed by atoms with Crippen LogP contribution in [0.1, 0.15) is 20.3 Å². The van der Waals surface area contributed by atoms with Gasteiger partial charge in [0.1, 0.15) is 5.82 Å². The van der Waals surface area contributed by atoms with Crippen molar-refractivity contribution in [3.63, 3.8) is 0 Å². The lowest BCUT2D eigenvalue weighted by molar-refractivity contribution is -0.119. The summed E-state index contributed by atoms with van der Waals surface area (Å²) < 4.78 is 14.1. The maximum absolute atomic E-state index is 14.1. The first-order chi connectivity index (χ1) is 9.49. The second kappa shape index (κ2) is 6.22. The van der Waals surface area contributed by atoms with Gasteiger partial charge >= 0.3 is 0 Å². The number of hydrogen-bond donors (Lipinski definition) is 2. The van der Waals surface area contributed by atoms with Crippen LogP contribution in [-0.4, -0.2) is 32.1 Å². The van der Waals surface area contributed by atoms with E-state index < -0.39 is 0 Å². The summed E-state index contributed by atoms with van der Waals surface area (Å²) in [5.41, 5.74) is 1.06. The Morgan fingerprint density at radius 2 is 2.25 bits per heavy atom. The fourth-order valence-electron chi connectivity index (χ4n) is 2.27. The Balaban J connectivity index is 2.07. The van der Waals surface area contributed by atoms with Gasteiger partial charge in [0.25, 0.3) is 0 Å². The molecular formula is C15H22FN3O. The molecule has 1 unspecified atom stereocenters. The largest absolute Gasteiger partial charge is 0.370 e. The van der Waals surface area contributed by atoms with Gasteiger partial charge in [-0.1, -0.05) is 0 Å². The topological polar surface area (TPSA) is 44.4 Å². The molecular weight excluding hydrogens is 257 g/mol. The van der Waals surface area contributed by atoms with Crippen LogP contribution in [-0.2, 0) is 4.79 Å². The van der Waals surface area contributed by atoms with E-state index in [-0.39, 0.29) is 23.7 Å². The van der Waals surface area contributed by atoms with E-state index in [1.54, 1.807) is 12.1 Å². The minimum atomic E-state index is -0.316. The molecule has 1 heterocycles. The van der Waals surface area contributed by atoms with E-state index in [0.29, 0.717) is 17.9 Å². The van der Waals surface area contributed by atoms with Gasteiger partial charge in [0.05, 0.1) is 11.6 Å². The summed E-state index contributed by atoms with van der Waals surface area (Å²) in [4.78, 5) is 13.8. The Labute approximate surface area is 119 Å². The highest BCUT2D eigenvalue weighted by Crippen LogP contribution is 2.24. The Bertz CT molecular complexity index is 484. The first-order valence-electron chi connectivity index (χ1n) is 7.03. The summed E-state index contributed by atoms with van der Waals surface area (Å²) in [5.74, 6) is -0.376. The predicted molar refractivity (Wildman–Crippen MR) is 79.5 cm³/mol. The van der Waals surface area contributed by atoms with Crippen LogP contribution in [0.2, 0.25) is 0 Å². The molecule has 0 saturated carbocycles. The zero-order valence-corrected chi connectivity index (χ0v) is 12.2. The molecule has 2 N–H and O–H groups in total. The number of halogens is 1. The van der Waals surface area contributed by atoms with Crippen molar-refractivity contribution >= 4 is 17.3 Å². The van der Waals surface area contributed by atoms with E-state index in [0.717, 1.165) is 13.0 Å². The Morgan fingerprint density at radius 1 is 1.50 bits per heavy atom. The molecule has 0 aromatic heterocycles. The molecule has 1 aliphatic rings. The van der Waals surface area contributed by atoms with Crippen LogP contribution in [0, 0.1) is 11.7 Å². The van der Waals surface area contributed by atoms with Crippen molar-refractivity contribution in [1.29, 1.82) is 0 Å². The minimum absolute atomic E-state index is 0.0175. The highest BCUT2D eigenvalue weighted by Gasteiger charge is 2.22. The number of benzene rings is 1. The summed E-state index contributed by atoms with van der Waals surface area (Å²) in [5, 5.41) is 5.93. The molecule has 0 aliphatic carbocycles. The molecule has 0 radical (unpaired) electrons. The lowest BCUT2D eigenvalue weighted by atomic mass is 10.1. The van der Waals surface area contributed by atoms with Crippen LogP contribution < -0.4 is 15.5 Å². The Kier molecular flexibility index (Phi) is 4.60. The molecule has 110 valence electrons. The summed E-state index contributed by atoms with van der Waals surface area (Å²) in [7, 11) is 1.85. The maximum Gasteiger partial charge on any atom is 0.228 e. The second-order valence-corrected chi connectivity index (χ2v) is 5.55. The third-order valence-corrected chi connectivity index (χ3v) is 3.80. The Hall–Kier alpha value is -1.62. The number of carbonyl (C=O) groups excluding carboxylic acids is 1. The van der Waals surface area contributed by atoms with E-state index in [2.05, 4.69) is 10.6 Å². The molecule has 1 aromatic carbocycles. The molecule has 1 aromatic rings. The molecule has 1 atom stereocenters. The molecule has 20 heavy (non-hydrogen) atoms. The molecule has 1 saturated heterocycles. The molecule has 1 aliphatic heterocycles. The van der Waals surface area contributed by atoms with Crippen molar-refractivity contribution in [3.05, 3.63) is 24.0 Å². The first-order valence-corrected chi connectivity index (χ1v) is 7.03. The maximum atomic E-state index is 14.1. The SMILES string of the molecule is CC(C)N(C)c1ccc(NC(=O)C2CCNC2)cc1F. The number of hydrogen-bond acceptors (Lipinski definition) is 3. The zero-order valence-electron chi connectivity index (χ0n) is 12.2. The van der Waals surface area contributed by atoms with Crippen molar-refractivity contribution < 1.29 is 9.18 Å². The normalized spacial score (nSPS) is 18.4. The fourth-order valence-corrected chi connectivity index (χ4v) is 2.27. The summed E-state index contributed by atoms with van der Waals surface area (Å²) in [6, 6.07) is 5.05. The Morgan fingerprint density at radius 3 is 2.80 bits per heavy atom. The lowest BCUT2D eigenvalue weighted by Gasteiger charge is -2.24. The zero-order chi connectivity index (χ0) is 14.7. The predicted octanol–water partition coefficient (Wildman–Crippen LogP) is 2.22. The second-order valence-electron chi connectivity index (χ2n) is 5.55. The van der Waals surface area contributed by atoms with Crippen LogP contribution >= 0.6 is 0 Å². The van der Waals surface area contributed by atoms with E-state index in [1.165, 1.54) is 6.07 Å². The van der Waals surface area contributed by atoms with E-state index >= 15 is 0 Å². The highest BCUT2D eigenvalue weighted by molar-refractivity contribution is 5.93. The van der Waals surface area contributed by atoms with Crippen molar-refractivity contribution in [2.45, 2.75) is 26.3 Å². The summed E-state index contributed by atoms with van der Waals surface area (Å²) >= 11 is 0. The smallest absolute Gasteiger partial charge is 0.228 e. The number of anilines is 2. The third-order valence-electron chi connectivity index (χ3n) is 3.80.